The van der Waals surface area contributed by atoms with E-state index in [0.29, 0.717) is 30.1 Å². The van der Waals surface area contributed by atoms with E-state index in [4.69, 9.17) is 9.84 Å². The predicted octanol–water partition coefficient (Wildman–Crippen LogP) is 2.15. The number of carboxylic acid groups (broad SMARTS) is 1. The van der Waals surface area contributed by atoms with E-state index >= 15 is 0 Å². The van der Waals surface area contributed by atoms with Crippen LogP contribution in [0.1, 0.15) is 15.9 Å². The van der Waals surface area contributed by atoms with Crippen molar-refractivity contribution < 1.29 is 19.4 Å². The number of carboxylic acids is 1. The minimum Gasteiger partial charge on any atom is -0.495 e. The molecule has 0 aromatic heterocycles. The quantitative estimate of drug-likeness (QED) is 0.762. The standard InChI is InChI=1S/C21H25N3O4/c1-28-19-8-3-2-7-18(19)22-20(25)15-24-11-9-23(10-12-24)14-16-5-4-6-17(13-16)21(26)27/h2-8,13H,9-12,14-15H2,1H3,(H,22,25)(H,26,27). The minimum absolute atomic E-state index is 0.0629. The minimum atomic E-state index is -0.910. The number of para-hydroxylation sites is 2. The number of carbonyl (C=O) groups excluding carboxylic acids is 1. The summed E-state index contributed by atoms with van der Waals surface area (Å²) in [6, 6.07) is 14.4. The van der Waals surface area contributed by atoms with Gasteiger partial charge in [-0.1, -0.05) is 24.3 Å². The molecule has 1 heterocycles. The van der Waals surface area contributed by atoms with Crippen molar-refractivity contribution in [3.8, 4) is 5.75 Å². The molecule has 148 valence electrons. The molecular formula is C21H25N3O4. The Morgan fingerprint density at radius 3 is 2.46 bits per heavy atom. The van der Waals surface area contributed by atoms with Crippen molar-refractivity contribution in [3.05, 3.63) is 59.7 Å². The van der Waals surface area contributed by atoms with Gasteiger partial charge >= 0.3 is 5.97 Å². The molecule has 0 aliphatic carbocycles. The van der Waals surface area contributed by atoms with Crippen LogP contribution in [0, 0.1) is 0 Å². The van der Waals surface area contributed by atoms with Gasteiger partial charge in [-0.2, -0.15) is 0 Å². The molecular weight excluding hydrogens is 358 g/mol. The third kappa shape index (κ3) is 5.31. The fraction of sp³-hybridized carbons (Fsp3) is 0.333. The van der Waals surface area contributed by atoms with Crippen molar-refractivity contribution in [2.24, 2.45) is 0 Å². The third-order valence-corrected chi connectivity index (χ3v) is 4.79. The monoisotopic (exact) mass is 383 g/mol. The molecule has 1 amide bonds. The molecule has 3 rings (SSSR count). The molecule has 2 aromatic rings. The lowest BCUT2D eigenvalue weighted by molar-refractivity contribution is -0.117. The van der Waals surface area contributed by atoms with Crippen LogP contribution in [0.15, 0.2) is 48.5 Å². The molecule has 1 aliphatic rings. The van der Waals surface area contributed by atoms with Gasteiger partial charge in [-0.15, -0.1) is 0 Å². The van der Waals surface area contributed by atoms with E-state index in [1.54, 1.807) is 25.3 Å². The number of hydrogen-bond acceptors (Lipinski definition) is 5. The van der Waals surface area contributed by atoms with Crippen LogP contribution in [-0.4, -0.2) is 66.6 Å². The zero-order valence-corrected chi connectivity index (χ0v) is 15.9. The number of benzene rings is 2. The van der Waals surface area contributed by atoms with Gasteiger partial charge in [-0.05, 0) is 29.8 Å². The van der Waals surface area contributed by atoms with E-state index < -0.39 is 5.97 Å². The van der Waals surface area contributed by atoms with Crippen LogP contribution in [0.3, 0.4) is 0 Å². The largest absolute Gasteiger partial charge is 0.495 e. The SMILES string of the molecule is COc1ccccc1NC(=O)CN1CCN(Cc2cccc(C(=O)O)c2)CC1. The van der Waals surface area contributed by atoms with Crippen molar-refractivity contribution in [1.29, 1.82) is 0 Å². The molecule has 28 heavy (non-hydrogen) atoms. The number of aromatic carboxylic acids is 1. The number of nitrogens with one attached hydrogen (secondary N) is 1. The first kappa shape index (κ1) is 19.9. The molecule has 2 aromatic carbocycles. The lowest BCUT2D eigenvalue weighted by Gasteiger charge is -2.34. The summed E-state index contributed by atoms with van der Waals surface area (Å²) in [6.45, 7) is 4.29. The molecule has 0 bridgehead atoms. The molecule has 1 saturated heterocycles. The summed E-state index contributed by atoms with van der Waals surface area (Å²) < 4.78 is 5.26. The summed E-state index contributed by atoms with van der Waals surface area (Å²) in [5.41, 5.74) is 1.97. The summed E-state index contributed by atoms with van der Waals surface area (Å²) in [7, 11) is 1.58. The fourth-order valence-corrected chi connectivity index (χ4v) is 3.31. The van der Waals surface area contributed by atoms with Crippen LogP contribution in [0.2, 0.25) is 0 Å². The number of nitrogens with zero attached hydrogens (tertiary/aromatic N) is 2. The third-order valence-electron chi connectivity index (χ3n) is 4.79. The van der Waals surface area contributed by atoms with Crippen molar-refractivity contribution in [1.82, 2.24) is 9.80 Å². The first-order valence-electron chi connectivity index (χ1n) is 9.25. The lowest BCUT2D eigenvalue weighted by Crippen LogP contribution is -2.48. The topological polar surface area (TPSA) is 82.1 Å². The number of methoxy groups -OCH3 is 1. The van der Waals surface area contributed by atoms with Gasteiger partial charge in [0.2, 0.25) is 5.91 Å². The first-order chi connectivity index (χ1) is 13.5. The summed E-state index contributed by atoms with van der Waals surface area (Å²) in [4.78, 5) is 27.8. The Morgan fingerprint density at radius 1 is 1.04 bits per heavy atom. The zero-order valence-electron chi connectivity index (χ0n) is 15.9. The first-order valence-corrected chi connectivity index (χ1v) is 9.25. The Morgan fingerprint density at radius 2 is 1.75 bits per heavy atom. The van der Waals surface area contributed by atoms with Gasteiger partial charge in [0.15, 0.2) is 0 Å². The van der Waals surface area contributed by atoms with E-state index in [2.05, 4.69) is 15.1 Å². The van der Waals surface area contributed by atoms with Crippen molar-refractivity contribution in [2.75, 3.05) is 45.2 Å². The Hall–Kier alpha value is -2.90. The van der Waals surface area contributed by atoms with Crippen molar-refractivity contribution >= 4 is 17.6 Å². The van der Waals surface area contributed by atoms with Gasteiger partial charge < -0.3 is 15.2 Å². The molecule has 0 unspecified atom stereocenters. The molecule has 0 radical (unpaired) electrons. The lowest BCUT2D eigenvalue weighted by atomic mass is 10.1. The van der Waals surface area contributed by atoms with Crippen LogP contribution in [-0.2, 0) is 11.3 Å². The summed E-state index contributed by atoms with van der Waals surface area (Å²) in [6.07, 6.45) is 0. The molecule has 7 nitrogen and oxygen atoms in total. The molecule has 0 saturated carbocycles. The smallest absolute Gasteiger partial charge is 0.335 e. The van der Waals surface area contributed by atoms with Gasteiger partial charge in [-0.3, -0.25) is 14.6 Å². The van der Waals surface area contributed by atoms with E-state index in [-0.39, 0.29) is 5.91 Å². The number of rotatable bonds is 7. The molecule has 0 atom stereocenters. The maximum atomic E-state index is 12.3. The van der Waals surface area contributed by atoms with Crippen molar-refractivity contribution in [3.63, 3.8) is 0 Å². The number of piperazine rings is 1. The average Bonchev–Trinajstić information content (AvgIpc) is 2.70. The summed E-state index contributed by atoms with van der Waals surface area (Å²) >= 11 is 0. The van der Waals surface area contributed by atoms with E-state index in [0.717, 1.165) is 31.7 Å². The second-order valence-corrected chi connectivity index (χ2v) is 6.81. The number of hydrogen-bond donors (Lipinski definition) is 2. The predicted molar refractivity (Wildman–Crippen MR) is 107 cm³/mol. The van der Waals surface area contributed by atoms with Gasteiger partial charge in [-0.25, -0.2) is 4.79 Å². The van der Waals surface area contributed by atoms with E-state index in [1.807, 2.05) is 30.3 Å². The molecule has 1 fully saturated rings. The second-order valence-electron chi connectivity index (χ2n) is 6.81. The highest BCUT2D eigenvalue weighted by molar-refractivity contribution is 5.93. The highest BCUT2D eigenvalue weighted by Crippen LogP contribution is 2.22. The van der Waals surface area contributed by atoms with E-state index in [9.17, 15) is 9.59 Å². The van der Waals surface area contributed by atoms with Crippen LogP contribution >= 0.6 is 0 Å². The molecule has 1 aliphatic heterocycles. The number of anilines is 1. The van der Waals surface area contributed by atoms with Gasteiger partial charge in [0.1, 0.15) is 5.75 Å². The molecule has 7 heteroatoms. The normalized spacial score (nSPS) is 15.2. The fourth-order valence-electron chi connectivity index (χ4n) is 3.31. The van der Waals surface area contributed by atoms with Gasteiger partial charge in [0.25, 0.3) is 0 Å². The number of ether oxygens (including phenoxy) is 1. The van der Waals surface area contributed by atoms with Crippen LogP contribution in [0.4, 0.5) is 5.69 Å². The Bertz CT molecular complexity index is 832. The van der Waals surface area contributed by atoms with E-state index in [1.165, 1.54) is 0 Å². The summed E-state index contributed by atoms with van der Waals surface area (Å²) in [5.74, 6) is -0.330. The van der Waals surface area contributed by atoms with Crippen LogP contribution in [0.25, 0.3) is 0 Å². The number of amides is 1. The van der Waals surface area contributed by atoms with Crippen LogP contribution < -0.4 is 10.1 Å². The van der Waals surface area contributed by atoms with Gasteiger partial charge in [0, 0.05) is 32.7 Å². The second kappa shape index (κ2) is 9.34. The highest BCUT2D eigenvalue weighted by atomic mass is 16.5. The zero-order chi connectivity index (χ0) is 19.9. The molecule has 0 spiro atoms. The Balaban J connectivity index is 1.47. The Labute approximate surface area is 164 Å². The summed E-state index contributed by atoms with van der Waals surface area (Å²) in [5, 5.41) is 12.0. The average molecular weight is 383 g/mol. The molecule has 2 N–H and O–H groups in total. The number of carbonyl (C=O) groups is 2. The van der Waals surface area contributed by atoms with Crippen LogP contribution in [0.5, 0.6) is 5.75 Å². The maximum absolute atomic E-state index is 12.3. The Kier molecular flexibility index (Phi) is 6.62. The van der Waals surface area contributed by atoms with Crippen molar-refractivity contribution in [2.45, 2.75) is 6.54 Å². The van der Waals surface area contributed by atoms with Gasteiger partial charge in [0.05, 0.1) is 24.9 Å². The maximum Gasteiger partial charge on any atom is 0.335 e. The highest BCUT2D eigenvalue weighted by Gasteiger charge is 2.20.